The zero-order valence-electron chi connectivity index (χ0n) is 14.5. The highest BCUT2D eigenvalue weighted by Crippen LogP contribution is 2.23. The molecule has 0 radical (unpaired) electrons. The summed E-state index contributed by atoms with van der Waals surface area (Å²) in [7, 11) is 1.50. The normalized spacial score (nSPS) is 10.1. The number of benzene rings is 2. The van der Waals surface area contributed by atoms with Crippen LogP contribution in [0.25, 0.3) is 0 Å². The minimum Gasteiger partial charge on any atom is -0.481 e. The first-order valence-electron chi connectivity index (χ1n) is 8.07. The van der Waals surface area contributed by atoms with Gasteiger partial charge in [-0.15, -0.1) is 0 Å². The van der Waals surface area contributed by atoms with Gasteiger partial charge in [0, 0.05) is 6.54 Å². The van der Waals surface area contributed by atoms with Crippen molar-refractivity contribution in [3.8, 4) is 17.5 Å². The van der Waals surface area contributed by atoms with Crippen molar-refractivity contribution in [2.24, 2.45) is 0 Å². The van der Waals surface area contributed by atoms with E-state index >= 15 is 0 Å². The van der Waals surface area contributed by atoms with Crippen LogP contribution >= 0.6 is 12.2 Å². The van der Waals surface area contributed by atoms with Gasteiger partial charge in [0.05, 0.1) is 13.2 Å². The lowest BCUT2D eigenvalue weighted by molar-refractivity contribution is 0.389. The van der Waals surface area contributed by atoms with Gasteiger partial charge in [-0.3, -0.25) is 0 Å². The number of aromatic nitrogens is 2. The van der Waals surface area contributed by atoms with Gasteiger partial charge in [-0.25, -0.2) is 4.39 Å². The van der Waals surface area contributed by atoms with Gasteiger partial charge in [-0.2, -0.15) is 9.97 Å². The molecule has 1 heterocycles. The Labute approximate surface area is 161 Å². The first-order chi connectivity index (χ1) is 13.1. The number of nitrogens with one attached hydrogen (secondary N) is 2. The van der Waals surface area contributed by atoms with Crippen LogP contribution < -0.4 is 20.1 Å². The number of halogens is 1. The van der Waals surface area contributed by atoms with Crippen LogP contribution in [-0.2, 0) is 6.54 Å². The SMILES string of the molecule is COc1cc(Oc2ccccc2)nc(NC(=S)NCc2ccc(F)cc2)n1. The van der Waals surface area contributed by atoms with Crippen molar-refractivity contribution >= 4 is 23.3 Å². The van der Waals surface area contributed by atoms with E-state index in [2.05, 4.69) is 20.6 Å². The fourth-order valence-corrected chi connectivity index (χ4v) is 2.32. The highest BCUT2D eigenvalue weighted by atomic mass is 32.1. The molecule has 0 saturated carbocycles. The van der Waals surface area contributed by atoms with Crippen LogP contribution in [0.5, 0.6) is 17.5 Å². The predicted molar refractivity (Wildman–Crippen MR) is 105 cm³/mol. The molecule has 0 aliphatic rings. The first-order valence-corrected chi connectivity index (χ1v) is 8.48. The maximum atomic E-state index is 12.9. The molecule has 0 fully saturated rings. The molecule has 0 aliphatic carbocycles. The smallest absolute Gasteiger partial charge is 0.235 e. The molecule has 8 heteroatoms. The lowest BCUT2D eigenvalue weighted by atomic mass is 10.2. The Morgan fingerprint density at radius 3 is 2.44 bits per heavy atom. The van der Waals surface area contributed by atoms with Crippen molar-refractivity contribution in [2.75, 3.05) is 12.4 Å². The summed E-state index contributed by atoms with van der Waals surface area (Å²) in [5.41, 5.74) is 0.889. The van der Waals surface area contributed by atoms with Crippen LogP contribution in [0, 0.1) is 5.82 Å². The van der Waals surface area contributed by atoms with E-state index in [0.29, 0.717) is 29.2 Å². The Morgan fingerprint density at radius 1 is 1.04 bits per heavy atom. The van der Waals surface area contributed by atoms with E-state index in [9.17, 15) is 4.39 Å². The van der Waals surface area contributed by atoms with Crippen molar-refractivity contribution in [3.63, 3.8) is 0 Å². The summed E-state index contributed by atoms with van der Waals surface area (Å²) in [4.78, 5) is 8.48. The molecule has 1 aromatic heterocycles. The van der Waals surface area contributed by atoms with E-state index in [1.807, 2.05) is 30.3 Å². The molecular formula is C19H17FN4O2S. The van der Waals surface area contributed by atoms with Crippen molar-refractivity contribution in [1.82, 2.24) is 15.3 Å². The van der Waals surface area contributed by atoms with Gasteiger partial charge in [0.15, 0.2) is 5.11 Å². The van der Waals surface area contributed by atoms with Crippen molar-refractivity contribution in [2.45, 2.75) is 6.54 Å². The standard InChI is InChI=1S/C19H17FN4O2S/c1-25-16-11-17(26-15-5-3-2-4-6-15)23-18(22-16)24-19(27)21-12-13-7-9-14(20)10-8-13/h2-11H,12H2,1H3,(H2,21,22,23,24,27). The Morgan fingerprint density at radius 2 is 1.74 bits per heavy atom. The minimum absolute atomic E-state index is 0.233. The number of nitrogens with zero attached hydrogens (tertiary/aromatic N) is 2. The summed E-state index contributed by atoms with van der Waals surface area (Å²) in [6.07, 6.45) is 0. The molecule has 0 spiro atoms. The summed E-state index contributed by atoms with van der Waals surface area (Å²) in [5.74, 6) is 1.24. The van der Waals surface area contributed by atoms with E-state index in [4.69, 9.17) is 21.7 Å². The number of para-hydroxylation sites is 1. The second-order valence-electron chi connectivity index (χ2n) is 5.42. The zero-order valence-corrected chi connectivity index (χ0v) is 15.3. The summed E-state index contributed by atoms with van der Waals surface area (Å²) >= 11 is 5.26. The van der Waals surface area contributed by atoms with Crippen LogP contribution in [0.15, 0.2) is 60.7 Å². The third kappa shape index (κ3) is 5.61. The lowest BCUT2D eigenvalue weighted by Gasteiger charge is -2.12. The van der Waals surface area contributed by atoms with Gasteiger partial charge < -0.3 is 20.1 Å². The Hall–Kier alpha value is -3.26. The molecule has 2 aromatic carbocycles. The Kier molecular flexibility index (Phi) is 6.11. The van der Waals surface area contributed by atoms with Gasteiger partial charge in [-0.05, 0) is 42.0 Å². The topological polar surface area (TPSA) is 68.3 Å². The molecule has 0 bridgehead atoms. The molecule has 3 rings (SSSR count). The first kappa shape index (κ1) is 18.5. The maximum absolute atomic E-state index is 12.9. The number of methoxy groups -OCH3 is 1. The van der Waals surface area contributed by atoms with E-state index in [1.165, 1.54) is 19.2 Å². The molecular weight excluding hydrogens is 367 g/mol. The van der Waals surface area contributed by atoms with Crippen LogP contribution in [0.4, 0.5) is 10.3 Å². The molecule has 2 N–H and O–H groups in total. The Bertz CT molecular complexity index is 907. The molecule has 3 aromatic rings. The molecule has 0 aliphatic heterocycles. The number of rotatable bonds is 6. The average Bonchev–Trinajstić information content (AvgIpc) is 2.68. The third-order valence-corrected chi connectivity index (χ3v) is 3.69. The zero-order chi connectivity index (χ0) is 19.1. The van der Waals surface area contributed by atoms with E-state index in [1.54, 1.807) is 18.2 Å². The minimum atomic E-state index is -0.282. The van der Waals surface area contributed by atoms with Crippen molar-refractivity contribution < 1.29 is 13.9 Å². The van der Waals surface area contributed by atoms with Gasteiger partial charge in [0.25, 0.3) is 0 Å². The quantitative estimate of drug-likeness (QED) is 0.625. The summed E-state index contributed by atoms with van der Waals surface area (Å²) < 4.78 is 23.8. The van der Waals surface area contributed by atoms with E-state index in [-0.39, 0.29) is 11.8 Å². The number of hydrogen-bond donors (Lipinski definition) is 2. The molecule has 6 nitrogen and oxygen atoms in total. The van der Waals surface area contributed by atoms with Gasteiger partial charge in [0.2, 0.25) is 17.7 Å². The molecule has 0 unspecified atom stereocenters. The third-order valence-electron chi connectivity index (χ3n) is 3.45. The van der Waals surface area contributed by atoms with Crippen LogP contribution in [-0.4, -0.2) is 22.2 Å². The highest BCUT2D eigenvalue weighted by molar-refractivity contribution is 7.80. The van der Waals surface area contributed by atoms with Crippen molar-refractivity contribution in [3.05, 3.63) is 72.0 Å². The molecule has 0 atom stereocenters. The number of ether oxygens (including phenoxy) is 2. The van der Waals surface area contributed by atoms with Crippen molar-refractivity contribution in [1.29, 1.82) is 0 Å². The van der Waals surface area contributed by atoms with Gasteiger partial charge >= 0.3 is 0 Å². The monoisotopic (exact) mass is 384 g/mol. The molecule has 138 valence electrons. The number of thiocarbonyl (C=S) groups is 1. The fourth-order valence-electron chi connectivity index (χ4n) is 2.16. The van der Waals surface area contributed by atoms with E-state index in [0.717, 1.165) is 5.56 Å². The van der Waals surface area contributed by atoms with E-state index < -0.39 is 0 Å². The largest absolute Gasteiger partial charge is 0.481 e. The maximum Gasteiger partial charge on any atom is 0.235 e. The second kappa shape index (κ2) is 8.91. The molecule has 0 amide bonds. The molecule has 27 heavy (non-hydrogen) atoms. The Balaban J connectivity index is 1.65. The average molecular weight is 384 g/mol. The van der Waals surface area contributed by atoms with Gasteiger partial charge in [0.1, 0.15) is 11.6 Å². The summed E-state index contributed by atoms with van der Waals surface area (Å²) in [5, 5.41) is 6.22. The van der Waals surface area contributed by atoms with Crippen LogP contribution in [0.1, 0.15) is 5.56 Å². The summed E-state index contributed by atoms with van der Waals surface area (Å²) in [6.45, 7) is 0.434. The summed E-state index contributed by atoms with van der Waals surface area (Å²) in [6, 6.07) is 17.0. The number of hydrogen-bond acceptors (Lipinski definition) is 5. The second-order valence-corrected chi connectivity index (χ2v) is 5.83. The lowest BCUT2D eigenvalue weighted by Crippen LogP contribution is -2.28. The number of anilines is 1. The van der Waals surface area contributed by atoms with Crippen LogP contribution in [0.2, 0.25) is 0 Å². The molecule has 0 saturated heterocycles. The highest BCUT2D eigenvalue weighted by Gasteiger charge is 2.09. The fraction of sp³-hybridized carbons (Fsp3) is 0.105. The predicted octanol–water partition coefficient (Wildman–Crippen LogP) is 3.90. The van der Waals surface area contributed by atoms with Crippen LogP contribution in [0.3, 0.4) is 0 Å². The van der Waals surface area contributed by atoms with Gasteiger partial charge in [-0.1, -0.05) is 30.3 Å².